The van der Waals surface area contributed by atoms with Gasteiger partial charge in [-0.05, 0) is 27.2 Å². The Balaban J connectivity index is 1.41. The highest BCUT2D eigenvalue weighted by molar-refractivity contribution is 9.10. The van der Waals surface area contributed by atoms with Crippen molar-refractivity contribution in [2.45, 2.75) is 18.8 Å². The molecule has 0 N–H and O–H groups in total. The second-order valence-corrected chi connectivity index (χ2v) is 12.6. The highest BCUT2D eigenvalue weighted by atomic mass is 79.9. The van der Waals surface area contributed by atoms with Crippen molar-refractivity contribution < 1.29 is 13.9 Å². The first-order valence-electron chi connectivity index (χ1n) is 11.6. The molecule has 1 heterocycles. The molecular weight excluding hydrogens is 504 g/mol. The lowest BCUT2D eigenvalue weighted by molar-refractivity contribution is -0.0619. The summed E-state index contributed by atoms with van der Waals surface area (Å²) >= 11 is 3.62. The van der Waals surface area contributed by atoms with Crippen molar-refractivity contribution in [1.82, 2.24) is 0 Å². The first kappa shape index (κ1) is 23.2. The van der Waals surface area contributed by atoms with Crippen LogP contribution >= 0.6 is 15.9 Å². The lowest BCUT2D eigenvalue weighted by Gasteiger charge is -2.33. The van der Waals surface area contributed by atoms with E-state index in [1.165, 1.54) is 21.1 Å². The number of hydrogen-bond donors (Lipinski definition) is 0. The molecule has 172 valence electrons. The molecule has 0 radical (unpaired) electrons. The second kappa shape index (κ2) is 10.8. The Morgan fingerprint density at radius 2 is 1.21 bits per heavy atom. The Hall–Kier alpha value is -2.54. The Kier molecular flexibility index (Phi) is 7.38. The maximum Gasteiger partial charge on any atom is 0.288 e. The predicted octanol–water partition coefficient (Wildman–Crippen LogP) is 4.42. The van der Waals surface area contributed by atoms with Crippen molar-refractivity contribution in [1.29, 1.82) is 0 Å². The number of halogens is 1. The molecule has 4 aromatic rings. The first-order valence-corrected chi connectivity index (χ1v) is 14.3. The first-order chi connectivity index (χ1) is 16.8. The highest BCUT2D eigenvalue weighted by Gasteiger charge is 2.43. The van der Waals surface area contributed by atoms with E-state index >= 15 is 0 Å². The minimum absolute atomic E-state index is 0.115. The van der Waals surface area contributed by atoms with Crippen LogP contribution in [0.1, 0.15) is 5.56 Å². The molecule has 0 spiro atoms. The van der Waals surface area contributed by atoms with Gasteiger partial charge in [-0.15, -0.1) is 0 Å². The summed E-state index contributed by atoms with van der Waals surface area (Å²) in [6.07, 6.45) is 0.320. The fraction of sp³-hybridized carbons (Fsp3) is 0.172. The molecule has 5 rings (SSSR count). The van der Waals surface area contributed by atoms with Crippen molar-refractivity contribution in [2.24, 2.45) is 0 Å². The van der Waals surface area contributed by atoms with Crippen LogP contribution in [-0.4, -0.2) is 33.9 Å². The third-order valence-corrected chi connectivity index (χ3v) is 11.0. The molecule has 3 nitrogen and oxygen atoms in total. The van der Waals surface area contributed by atoms with Gasteiger partial charge in [-0.3, -0.25) is 0 Å². The van der Waals surface area contributed by atoms with Gasteiger partial charge in [0.05, 0.1) is 13.2 Å². The smallest absolute Gasteiger partial charge is 0.288 e. The third-order valence-electron chi connectivity index (χ3n) is 6.18. The number of benzene rings is 4. The van der Waals surface area contributed by atoms with Crippen LogP contribution in [0.2, 0.25) is 0 Å². The molecule has 1 fully saturated rings. The summed E-state index contributed by atoms with van der Waals surface area (Å²) in [6.45, 7) is 0.995. The molecule has 2 atom stereocenters. The zero-order valence-corrected chi connectivity index (χ0v) is 21.4. The van der Waals surface area contributed by atoms with Gasteiger partial charge in [0.25, 0.3) is 8.32 Å². The molecule has 0 bridgehead atoms. The average Bonchev–Trinajstić information content (AvgIpc) is 3.35. The van der Waals surface area contributed by atoms with Crippen LogP contribution in [0.4, 0.5) is 0 Å². The van der Waals surface area contributed by atoms with E-state index in [-0.39, 0.29) is 12.4 Å². The summed E-state index contributed by atoms with van der Waals surface area (Å²) in [5, 5.41) is 3.66. The van der Waals surface area contributed by atoms with Crippen molar-refractivity contribution in [3.05, 3.63) is 125 Å². The minimum atomic E-state index is -2.74. The van der Waals surface area contributed by atoms with E-state index in [2.05, 4.69) is 113 Å². The van der Waals surface area contributed by atoms with Crippen molar-refractivity contribution >= 4 is 39.8 Å². The molecule has 0 saturated carbocycles. The van der Waals surface area contributed by atoms with E-state index in [1.807, 2.05) is 18.2 Å². The lowest BCUT2D eigenvalue weighted by atomic mass is 10.1. The highest BCUT2D eigenvalue weighted by Crippen LogP contribution is 2.23. The summed E-state index contributed by atoms with van der Waals surface area (Å²) < 4.78 is 20.4. The molecule has 0 unspecified atom stereocenters. The van der Waals surface area contributed by atoms with Gasteiger partial charge < -0.3 is 13.9 Å². The van der Waals surface area contributed by atoms with Gasteiger partial charge in [0.1, 0.15) is 6.10 Å². The normalized spacial score (nSPS) is 18.1. The lowest BCUT2D eigenvalue weighted by Crippen LogP contribution is -2.69. The maximum atomic E-state index is 7.02. The zero-order valence-electron chi connectivity index (χ0n) is 18.8. The number of rotatable bonds is 8. The van der Waals surface area contributed by atoms with E-state index in [0.29, 0.717) is 19.6 Å². The monoisotopic (exact) mass is 530 g/mol. The number of hydrogen-bond acceptors (Lipinski definition) is 3. The van der Waals surface area contributed by atoms with Crippen LogP contribution in [0.5, 0.6) is 0 Å². The molecule has 0 amide bonds. The Labute approximate surface area is 210 Å². The van der Waals surface area contributed by atoms with Gasteiger partial charge in [0.2, 0.25) is 0 Å². The second-order valence-electron chi connectivity index (χ2n) is 8.41. The molecule has 1 aliphatic rings. The summed E-state index contributed by atoms with van der Waals surface area (Å²) in [5.41, 5.74) is 1.18. The van der Waals surface area contributed by atoms with Crippen LogP contribution < -0.4 is 15.6 Å². The van der Waals surface area contributed by atoms with Gasteiger partial charge in [-0.2, -0.15) is 0 Å². The van der Waals surface area contributed by atoms with E-state index in [9.17, 15) is 0 Å². The fourth-order valence-corrected chi connectivity index (χ4v) is 8.90. The molecule has 0 aliphatic carbocycles. The van der Waals surface area contributed by atoms with E-state index in [1.54, 1.807) is 0 Å². The molecule has 1 aliphatic heterocycles. The maximum absolute atomic E-state index is 7.02. The molecule has 1 saturated heterocycles. The van der Waals surface area contributed by atoms with Crippen LogP contribution in [0.3, 0.4) is 0 Å². The van der Waals surface area contributed by atoms with E-state index < -0.39 is 8.32 Å². The Bertz CT molecular complexity index is 1090. The minimum Gasteiger partial charge on any atom is -0.401 e. The largest absolute Gasteiger partial charge is 0.401 e. The summed E-state index contributed by atoms with van der Waals surface area (Å²) in [6, 6.07) is 40.0. The SMILES string of the molecule is Brc1ccccc1C[C@H]1OC[C@@H](CO[Si](c2ccccc2)(c2ccccc2)c2ccccc2)O1. The Morgan fingerprint density at radius 1 is 0.706 bits per heavy atom. The van der Waals surface area contributed by atoms with E-state index in [4.69, 9.17) is 13.9 Å². The van der Waals surface area contributed by atoms with Gasteiger partial charge in [-0.25, -0.2) is 0 Å². The Morgan fingerprint density at radius 3 is 1.74 bits per heavy atom. The summed E-state index contributed by atoms with van der Waals surface area (Å²) in [7, 11) is -2.74. The van der Waals surface area contributed by atoms with Crippen molar-refractivity contribution in [3.63, 3.8) is 0 Å². The van der Waals surface area contributed by atoms with E-state index in [0.717, 1.165) is 4.47 Å². The van der Waals surface area contributed by atoms with Crippen molar-refractivity contribution in [3.8, 4) is 0 Å². The topological polar surface area (TPSA) is 27.7 Å². The molecular formula is C29H27BrO3Si. The van der Waals surface area contributed by atoms with Crippen LogP contribution in [0.15, 0.2) is 120 Å². The van der Waals surface area contributed by atoms with Crippen LogP contribution in [0.25, 0.3) is 0 Å². The molecule has 5 heteroatoms. The third kappa shape index (κ3) is 4.94. The van der Waals surface area contributed by atoms with Gasteiger partial charge in [0.15, 0.2) is 6.29 Å². The van der Waals surface area contributed by atoms with Crippen molar-refractivity contribution in [2.75, 3.05) is 13.2 Å². The summed E-state index contributed by atoms with van der Waals surface area (Å²) in [5.74, 6) is 0. The van der Waals surface area contributed by atoms with Gasteiger partial charge >= 0.3 is 0 Å². The zero-order chi connectivity index (χ0) is 23.2. The van der Waals surface area contributed by atoms with Crippen LogP contribution in [0, 0.1) is 0 Å². The average molecular weight is 532 g/mol. The quantitative estimate of drug-likeness (QED) is 0.249. The standard InChI is InChI=1S/C29H27BrO3Si/c30-28-19-11-10-12-23(28)20-29-31-21-24(33-29)22-32-34(25-13-4-1-5-14-25,26-15-6-2-7-16-26)27-17-8-3-9-18-27/h1-19,24,29H,20-22H2/t24-,29-/m0/s1. The molecule has 4 aromatic carbocycles. The number of ether oxygens (including phenoxy) is 2. The fourth-order valence-electron chi connectivity index (χ4n) is 4.53. The predicted molar refractivity (Wildman–Crippen MR) is 142 cm³/mol. The summed E-state index contributed by atoms with van der Waals surface area (Å²) in [4.78, 5) is 0. The van der Waals surface area contributed by atoms with Crippen LogP contribution in [-0.2, 0) is 20.3 Å². The van der Waals surface area contributed by atoms with Gasteiger partial charge in [-0.1, -0.05) is 125 Å². The van der Waals surface area contributed by atoms with Gasteiger partial charge in [0, 0.05) is 10.9 Å². The molecule has 0 aromatic heterocycles. The molecule has 34 heavy (non-hydrogen) atoms.